The first-order valence-electron chi connectivity index (χ1n) is 23.0. The highest BCUT2D eigenvalue weighted by Crippen LogP contribution is 2.14. The second-order valence-electron chi connectivity index (χ2n) is 18.1. The van der Waals surface area contributed by atoms with Crippen molar-refractivity contribution < 1.29 is 93.3 Å². The minimum absolute atomic E-state index is 0.0749. The number of nitrogens with one attached hydrogen (secondary N) is 8. The molecule has 28 heteroatoms. The van der Waals surface area contributed by atoms with Gasteiger partial charge in [0, 0.05) is 19.3 Å². The van der Waals surface area contributed by atoms with Crippen LogP contribution in [0.4, 0.5) is 0 Å². The lowest BCUT2D eigenvalue weighted by Gasteiger charge is -2.30. The highest BCUT2D eigenvalue weighted by atomic mass is 16.4. The molecule has 0 bridgehead atoms. The number of aliphatic hydroxyl groups excluding tert-OH is 2. The molecule has 10 atom stereocenters. The Morgan fingerprint density at radius 1 is 0.466 bits per heavy atom. The van der Waals surface area contributed by atoms with Crippen LogP contribution in [0.2, 0.25) is 0 Å². The molecule has 1 rings (SSSR count). The van der Waals surface area contributed by atoms with E-state index < -0.39 is 182 Å². The van der Waals surface area contributed by atoms with Crippen molar-refractivity contribution in [3.8, 4) is 5.75 Å². The highest BCUT2D eigenvalue weighted by molar-refractivity contribution is 5.99. The molecule has 1 aromatic carbocycles. The smallest absolute Gasteiger partial charge is 0.326 e. The molecule has 0 radical (unpaired) electrons. The number of aliphatic carboxylic acids is 4. The van der Waals surface area contributed by atoms with E-state index in [-0.39, 0.29) is 18.6 Å². The van der Waals surface area contributed by atoms with Crippen LogP contribution in [0.15, 0.2) is 24.3 Å². The zero-order chi connectivity index (χ0) is 56.0. The Labute approximate surface area is 419 Å². The van der Waals surface area contributed by atoms with E-state index in [0.29, 0.717) is 5.56 Å². The number of phenols is 1. The second kappa shape index (κ2) is 30.4. The number of nitrogens with two attached hydrogens (primary N) is 1. The van der Waals surface area contributed by atoms with Gasteiger partial charge >= 0.3 is 23.9 Å². The van der Waals surface area contributed by atoms with E-state index in [1.165, 1.54) is 65.8 Å². The van der Waals surface area contributed by atoms with Crippen LogP contribution in [0.5, 0.6) is 5.75 Å². The SMILES string of the molecule is CC(C)[C@H](NC(=O)[C@H](CO)NC(=O)[C@@H](NC(=O)[C@@H](NC(=O)[C@H](CC(=O)O)NC(=O)[C@@H](NC(=O)[C@H](CCC(=O)O)NC(=O)[C@@H](N)CCC(=O)O)C(C)C)C(C)C)[C@@H](C)O)C(=O)N[C@@H](Cc1ccc(O)cc1)C(=O)O. The van der Waals surface area contributed by atoms with Gasteiger partial charge in [0.2, 0.25) is 47.3 Å². The molecule has 0 unspecified atom stereocenters. The number of aliphatic hydroxyl groups is 2. The van der Waals surface area contributed by atoms with Gasteiger partial charge in [0.1, 0.15) is 54.1 Å². The van der Waals surface area contributed by atoms with Crippen molar-refractivity contribution in [2.75, 3.05) is 6.61 Å². The fourth-order valence-corrected chi connectivity index (χ4v) is 6.67. The van der Waals surface area contributed by atoms with Crippen molar-refractivity contribution in [3.05, 3.63) is 29.8 Å². The summed E-state index contributed by atoms with van der Waals surface area (Å²) in [5, 5.41) is 86.0. The van der Waals surface area contributed by atoms with Crippen LogP contribution in [0.25, 0.3) is 0 Å². The highest BCUT2D eigenvalue weighted by Gasteiger charge is 2.38. The van der Waals surface area contributed by atoms with Gasteiger partial charge < -0.3 is 84.0 Å². The van der Waals surface area contributed by atoms with Gasteiger partial charge in [-0.15, -0.1) is 0 Å². The van der Waals surface area contributed by atoms with Gasteiger partial charge in [0.05, 0.1) is 25.2 Å². The van der Waals surface area contributed by atoms with Crippen LogP contribution in [0.3, 0.4) is 0 Å². The lowest BCUT2D eigenvalue weighted by Crippen LogP contribution is -2.63. The third kappa shape index (κ3) is 22.2. The lowest BCUT2D eigenvalue weighted by atomic mass is 9.99. The maximum atomic E-state index is 13.7. The number of carbonyl (C=O) groups excluding carboxylic acids is 8. The standard InChI is InChI=1S/C45H69N9O19/c1-19(2)33(51-38(65)26(13-15-31(60)61)47-37(64)25(46)12-14-30(58)59)41(68)48-27(17-32(62)63)39(66)52-35(21(5)6)43(70)54-36(22(7)56)44(71)50-29(18-55)40(67)53-34(20(3)4)42(69)49-28(45(72)73)16-23-8-10-24(57)11-9-23/h8-11,19-22,25-29,33-36,55-57H,12-18,46H2,1-7H3,(H,47,64)(H,48,68)(H,49,69)(H,50,71)(H,51,65)(H,52,66)(H,53,67)(H,54,70)(H,58,59)(H,60,61)(H,62,63)(H,72,73)/t22-,25+,26+,27+,28+,29+,33+,34+,35+,36+/m1/s1. The van der Waals surface area contributed by atoms with Gasteiger partial charge in [-0.05, 0) is 55.2 Å². The number of benzene rings is 1. The normalized spacial score (nSPS) is 15.3. The number of rotatable bonds is 32. The van der Waals surface area contributed by atoms with Crippen LogP contribution in [-0.4, -0.2) is 174 Å². The summed E-state index contributed by atoms with van der Waals surface area (Å²) in [4.78, 5) is 154. The van der Waals surface area contributed by atoms with E-state index in [1.54, 1.807) is 0 Å². The number of hydrogen-bond donors (Lipinski definition) is 16. The number of hydrogen-bond acceptors (Lipinski definition) is 16. The monoisotopic (exact) mass is 1040 g/mol. The van der Waals surface area contributed by atoms with Crippen molar-refractivity contribution >= 4 is 71.1 Å². The van der Waals surface area contributed by atoms with Crippen molar-refractivity contribution in [2.24, 2.45) is 23.5 Å². The molecule has 0 aliphatic carbocycles. The zero-order valence-electron chi connectivity index (χ0n) is 41.4. The van der Waals surface area contributed by atoms with Gasteiger partial charge in [-0.2, -0.15) is 0 Å². The number of amides is 8. The van der Waals surface area contributed by atoms with Gasteiger partial charge in [-0.3, -0.25) is 52.7 Å². The van der Waals surface area contributed by atoms with Crippen LogP contribution in [-0.2, 0) is 64.0 Å². The molecule has 28 nitrogen and oxygen atoms in total. The first-order valence-corrected chi connectivity index (χ1v) is 23.0. The van der Waals surface area contributed by atoms with Gasteiger partial charge in [0.15, 0.2) is 0 Å². The maximum Gasteiger partial charge on any atom is 0.326 e. The van der Waals surface area contributed by atoms with Crippen LogP contribution < -0.4 is 48.3 Å². The van der Waals surface area contributed by atoms with Crippen LogP contribution in [0.1, 0.15) is 86.1 Å². The number of carboxylic acids is 4. The molecule has 73 heavy (non-hydrogen) atoms. The maximum absolute atomic E-state index is 13.7. The topological polar surface area (TPSA) is 469 Å². The summed E-state index contributed by atoms with van der Waals surface area (Å²) in [6, 6.07) is -9.26. The van der Waals surface area contributed by atoms with E-state index in [4.69, 9.17) is 10.8 Å². The number of carbonyl (C=O) groups is 12. The van der Waals surface area contributed by atoms with Crippen LogP contribution >= 0.6 is 0 Å². The third-order valence-corrected chi connectivity index (χ3v) is 10.9. The van der Waals surface area contributed by atoms with Gasteiger partial charge in [-0.1, -0.05) is 53.7 Å². The molecule has 1 aromatic rings. The van der Waals surface area contributed by atoms with Crippen molar-refractivity contribution in [3.63, 3.8) is 0 Å². The summed E-state index contributed by atoms with van der Waals surface area (Å²) in [5.41, 5.74) is 6.18. The minimum atomic E-state index is -1.95. The zero-order valence-corrected chi connectivity index (χ0v) is 41.4. The van der Waals surface area contributed by atoms with Crippen molar-refractivity contribution in [1.82, 2.24) is 42.5 Å². The summed E-state index contributed by atoms with van der Waals surface area (Å²) in [5.74, 6) is -17.0. The van der Waals surface area contributed by atoms with E-state index in [9.17, 15) is 88.2 Å². The van der Waals surface area contributed by atoms with E-state index in [2.05, 4.69) is 42.5 Å². The molecule has 17 N–H and O–H groups in total. The molecule has 0 heterocycles. The van der Waals surface area contributed by atoms with Crippen LogP contribution in [0, 0.1) is 17.8 Å². The van der Waals surface area contributed by atoms with E-state index in [0.717, 1.165) is 6.92 Å². The Kier molecular flexibility index (Phi) is 26.5. The number of phenolic OH excluding ortho intramolecular Hbond substituents is 1. The van der Waals surface area contributed by atoms with E-state index in [1.807, 2.05) is 0 Å². The second-order valence-corrected chi connectivity index (χ2v) is 18.1. The largest absolute Gasteiger partial charge is 0.508 e. The summed E-state index contributed by atoms with van der Waals surface area (Å²) in [6.45, 7) is 8.74. The molecular weight excluding hydrogens is 971 g/mol. The Morgan fingerprint density at radius 3 is 1.25 bits per heavy atom. The predicted molar refractivity (Wildman–Crippen MR) is 252 cm³/mol. The fraction of sp³-hybridized carbons (Fsp3) is 0.600. The quantitative estimate of drug-likeness (QED) is 0.0325. The molecule has 8 amide bonds. The minimum Gasteiger partial charge on any atom is -0.508 e. The Bertz CT molecular complexity index is 2140. The first-order chi connectivity index (χ1) is 33.9. The summed E-state index contributed by atoms with van der Waals surface area (Å²) in [6.07, 6.45) is -5.02. The number of carboxylic acid groups (broad SMARTS) is 4. The predicted octanol–water partition coefficient (Wildman–Crippen LogP) is -4.23. The summed E-state index contributed by atoms with van der Waals surface area (Å²) in [7, 11) is 0. The molecule has 0 saturated carbocycles. The Morgan fingerprint density at radius 2 is 0.836 bits per heavy atom. The van der Waals surface area contributed by atoms with E-state index >= 15 is 0 Å². The average Bonchev–Trinajstić information content (AvgIpc) is 3.29. The third-order valence-electron chi connectivity index (χ3n) is 10.9. The lowest BCUT2D eigenvalue weighted by molar-refractivity contribution is -0.142. The fourth-order valence-electron chi connectivity index (χ4n) is 6.67. The molecule has 0 saturated heterocycles. The molecule has 0 aliphatic rings. The number of aromatic hydroxyl groups is 1. The molecule has 0 spiro atoms. The molecule has 0 aliphatic heterocycles. The van der Waals surface area contributed by atoms with Gasteiger partial charge in [0.25, 0.3) is 0 Å². The van der Waals surface area contributed by atoms with Crippen molar-refractivity contribution in [2.45, 2.75) is 147 Å². The Hall–Kier alpha value is -7.46. The van der Waals surface area contributed by atoms with Crippen molar-refractivity contribution in [1.29, 1.82) is 0 Å². The van der Waals surface area contributed by atoms with Gasteiger partial charge in [-0.25, -0.2) is 4.79 Å². The summed E-state index contributed by atoms with van der Waals surface area (Å²) >= 11 is 0. The molecule has 408 valence electrons. The molecule has 0 aromatic heterocycles. The average molecular weight is 1040 g/mol. The molecular formula is C45H69N9O19. The Balaban J connectivity index is 3.25. The molecule has 0 fully saturated rings. The summed E-state index contributed by atoms with van der Waals surface area (Å²) < 4.78 is 0. The first kappa shape index (κ1) is 63.6.